The topological polar surface area (TPSA) is 111 Å². The molecule has 0 amide bonds. The van der Waals surface area contributed by atoms with Crippen LogP contribution in [0.15, 0.2) is 57.2 Å². The number of anilines is 1. The Hall–Kier alpha value is -1.57. The van der Waals surface area contributed by atoms with Crippen LogP contribution in [0.3, 0.4) is 0 Å². The molecule has 0 spiro atoms. The van der Waals surface area contributed by atoms with Crippen LogP contribution < -0.4 is 19.8 Å². The molecular weight excluding hydrogens is 489 g/mol. The van der Waals surface area contributed by atoms with Gasteiger partial charge in [0.15, 0.2) is 0 Å². The molecule has 0 unspecified atom stereocenters. The van der Waals surface area contributed by atoms with Gasteiger partial charge in [-0.2, -0.15) is 8.42 Å². The third kappa shape index (κ3) is 6.11. The van der Waals surface area contributed by atoms with E-state index in [2.05, 4.69) is 14.4 Å². The van der Waals surface area contributed by atoms with Crippen molar-refractivity contribution in [1.29, 1.82) is 0 Å². The van der Waals surface area contributed by atoms with Crippen LogP contribution >= 0.6 is 11.3 Å². The van der Waals surface area contributed by atoms with Crippen LogP contribution in [-0.2, 0) is 16.6 Å². The number of nitrogens with zero attached hydrogens (tertiary/aromatic N) is 1. The van der Waals surface area contributed by atoms with Gasteiger partial charge in [0.25, 0.3) is 15.4 Å². The molecule has 2 aromatic carbocycles. The predicted octanol–water partition coefficient (Wildman–Crippen LogP) is 3.48. The quantitative estimate of drug-likeness (QED) is 0.290. The normalized spacial score (nSPS) is 11.2. The second kappa shape index (κ2) is 10.8. The van der Waals surface area contributed by atoms with E-state index in [0.717, 1.165) is 22.1 Å². The van der Waals surface area contributed by atoms with E-state index in [-0.39, 0.29) is 51.4 Å². The number of aromatic nitrogens is 1. The average molecular weight is 512 g/mol. The number of fused-ring (bicyclic) bond motifs is 1. The van der Waals surface area contributed by atoms with Gasteiger partial charge in [0.2, 0.25) is 0 Å². The first kappa shape index (κ1) is 26.0. The summed E-state index contributed by atoms with van der Waals surface area (Å²) in [7, 11) is -2.31. The van der Waals surface area contributed by atoms with Gasteiger partial charge in [-0.15, -0.1) is 0 Å². The standard InChI is InChI=1S/C22H21N3O5S2.K.H/c1-13-9-17-14(2)18(11-15-5-4-6-16(10-15)25-32(27,28)23-3)21(26)29-20(17)12-19(13)30-22-24-7-8-31-22;;/h4-10,12,23,25H,11H2,1-3H3;;. The number of benzene rings is 2. The van der Waals surface area contributed by atoms with Gasteiger partial charge in [-0.3, -0.25) is 4.72 Å². The van der Waals surface area contributed by atoms with Gasteiger partial charge in [0.1, 0.15) is 11.3 Å². The van der Waals surface area contributed by atoms with Gasteiger partial charge in [-0.1, -0.05) is 23.5 Å². The fourth-order valence-electron chi connectivity index (χ4n) is 3.35. The summed E-state index contributed by atoms with van der Waals surface area (Å²) in [6.45, 7) is 3.80. The minimum atomic E-state index is -3.63. The van der Waals surface area contributed by atoms with Crippen LogP contribution in [0.2, 0.25) is 0 Å². The second-order valence-corrected chi connectivity index (χ2v) is 9.67. The predicted molar refractivity (Wildman–Crippen MR) is 132 cm³/mol. The van der Waals surface area contributed by atoms with Gasteiger partial charge >= 0.3 is 57.0 Å². The maximum absolute atomic E-state index is 12.8. The van der Waals surface area contributed by atoms with Gasteiger partial charge in [0.05, 0.1) is 5.69 Å². The molecule has 0 radical (unpaired) electrons. The number of thiazole rings is 1. The van der Waals surface area contributed by atoms with Crippen molar-refractivity contribution in [2.24, 2.45) is 0 Å². The number of nitrogens with one attached hydrogen (secondary N) is 2. The van der Waals surface area contributed by atoms with Crippen molar-refractivity contribution >= 4 is 89.6 Å². The number of hydrogen-bond acceptors (Lipinski definition) is 7. The molecule has 0 atom stereocenters. The summed E-state index contributed by atoms with van der Waals surface area (Å²) in [6, 6.07) is 10.5. The van der Waals surface area contributed by atoms with Crippen LogP contribution in [0.5, 0.6) is 10.9 Å². The summed E-state index contributed by atoms with van der Waals surface area (Å²) in [5, 5.41) is 3.15. The molecule has 8 nitrogen and oxygen atoms in total. The van der Waals surface area contributed by atoms with Crippen molar-refractivity contribution in [1.82, 2.24) is 9.71 Å². The zero-order valence-corrected chi connectivity index (χ0v) is 19.3. The summed E-state index contributed by atoms with van der Waals surface area (Å²) in [6.07, 6.45) is 1.96. The van der Waals surface area contributed by atoms with E-state index < -0.39 is 15.8 Å². The average Bonchev–Trinajstić information content (AvgIpc) is 3.26. The monoisotopic (exact) mass is 511 g/mol. The molecule has 2 N–H and O–H groups in total. The molecular formula is C22H22KN3O5S2. The zero-order chi connectivity index (χ0) is 22.9. The summed E-state index contributed by atoms with van der Waals surface area (Å²) < 4.78 is 39.6. The molecule has 2 heterocycles. The maximum atomic E-state index is 12.8. The number of rotatable bonds is 7. The van der Waals surface area contributed by atoms with E-state index in [9.17, 15) is 13.2 Å². The second-order valence-electron chi connectivity index (χ2n) is 7.19. The Bertz CT molecular complexity index is 1450. The van der Waals surface area contributed by atoms with Crippen molar-refractivity contribution in [2.75, 3.05) is 11.8 Å². The van der Waals surface area contributed by atoms with Crippen molar-refractivity contribution in [2.45, 2.75) is 20.3 Å². The van der Waals surface area contributed by atoms with Crippen LogP contribution in [-0.4, -0.2) is 71.8 Å². The Morgan fingerprint density at radius 3 is 2.67 bits per heavy atom. The van der Waals surface area contributed by atoms with E-state index in [1.165, 1.54) is 18.4 Å². The third-order valence-electron chi connectivity index (χ3n) is 5.02. The van der Waals surface area contributed by atoms with Crippen LogP contribution in [0.4, 0.5) is 5.69 Å². The van der Waals surface area contributed by atoms with E-state index in [0.29, 0.717) is 34.2 Å². The van der Waals surface area contributed by atoms with E-state index in [1.54, 1.807) is 30.5 Å². The molecule has 33 heavy (non-hydrogen) atoms. The molecule has 0 saturated carbocycles. The molecule has 0 saturated heterocycles. The molecule has 0 bridgehead atoms. The Morgan fingerprint density at radius 2 is 1.97 bits per heavy atom. The molecule has 0 aliphatic heterocycles. The van der Waals surface area contributed by atoms with Gasteiger partial charge in [-0.05, 0) is 48.7 Å². The molecule has 0 aliphatic carbocycles. The molecule has 168 valence electrons. The fraction of sp³-hybridized carbons (Fsp3) is 0.182. The minimum absolute atomic E-state index is 0. The van der Waals surface area contributed by atoms with Crippen molar-refractivity contribution in [3.63, 3.8) is 0 Å². The van der Waals surface area contributed by atoms with Crippen molar-refractivity contribution in [3.8, 4) is 10.9 Å². The van der Waals surface area contributed by atoms with Gasteiger partial charge in [-0.25, -0.2) is 14.5 Å². The first-order chi connectivity index (χ1) is 15.3. The van der Waals surface area contributed by atoms with Crippen LogP contribution in [0.1, 0.15) is 22.3 Å². The Labute approximate surface area is 238 Å². The van der Waals surface area contributed by atoms with E-state index in [1.807, 2.05) is 31.4 Å². The Balaban J connectivity index is 0.00000306. The van der Waals surface area contributed by atoms with Gasteiger partial charge < -0.3 is 9.15 Å². The number of hydrogen-bond donors (Lipinski definition) is 2. The molecule has 2 aromatic heterocycles. The zero-order valence-electron chi connectivity index (χ0n) is 17.6. The van der Waals surface area contributed by atoms with E-state index >= 15 is 0 Å². The summed E-state index contributed by atoms with van der Waals surface area (Å²) in [4.78, 5) is 16.9. The summed E-state index contributed by atoms with van der Waals surface area (Å²) in [5.74, 6) is 0.576. The first-order valence-corrected chi connectivity index (χ1v) is 12.1. The van der Waals surface area contributed by atoms with Crippen LogP contribution in [0.25, 0.3) is 11.0 Å². The van der Waals surface area contributed by atoms with Crippen molar-refractivity contribution in [3.05, 3.63) is 80.6 Å². The fourth-order valence-corrected chi connectivity index (χ4v) is 4.39. The molecule has 0 aliphatic rings. The number of aryl methyl sites for hydroxylation is 2. The first-order valence-electron chi connectivity index (χ1n) is 9.70. The molecule has 4 rings (SSSR count). The third-order valence-corrected chi connectivity index (χ3v) is 6.71. The Morgan fingerprint density at radius 1 is 1.18 bits per heavy atom. The summed E-state index contributed by atoms with van der Waals surface area (Å²) >= 11 is 1.38. The van der Waals surface area contributed by atoms with E-state index in [4.69, 9.17) is 9.15 Å². The SMILES string of the molecule is CNS(=O)(=O)Nc1cccc(Cc2c(C)c3cc(C)c(Oc4nccs4)cc3oc2=O)c1.[KH]. The number of ether oxygens (including phenoxy) is 1. The molecule has 4 aromatic rings. The molecule has 0 fully saturated rings. The van der Waals surface area contributed by atoms with Crippen LogP contribution in [0, 0.1) is 13.8 Å². The summed E-state index contributed by atoms with van der Waals surface area (Å²) in [5.41, 5.74) is 3.37. The van der Waals surface area contributed by atoms with Gasteiger partial charge in [0, 0.05) is 42.1 Å². The van der Waals surface area contributed by atoms with Crippen molar-refractivity contribution < 1.29 is 17.6 Å². The Kier molecular flexibility index (Phi) is 8.51. The molecule has 11 heteroatoms.